The molecule has 0 aliphatic rings. The minimum atomic E-state index is -2.17. The summed E-state index contributed by atoms with van der Waals surface area (Å²) in [6.07, 6.45) is 0. The van der Waals surface area contributed by atoms with Crippen molar-refractivity contribution < 1.29 is 27.5 Å². The zero-order chi connectivity index (χ0) is 14.9. The molecule has 0 amide bonds. The Bertz CT molecular complexity index is 674. The zero-order valence-corrected chi connectivity index (χ0v) is 9.75. The van der Waals surface area contributed by atoms with Crippen molar-refractivity contribution in [2.45, 2.75) is 0 Å². The number of anilines is 2. The smallest absolute Gasteiger partial charge is 0.341 e. The van der Waals surface area contributed by atoms with Crippen molar-refractivity contribution >= 4 is 17.3 Å². The molecule has 0 spiro atoms. The summed E-state index contributed by atoms with van der Waals surface area (Å²) < 4.78 is 53.3. The summed E-state index contributed by atoms with van der Waals surface area (Å²) in [4.78, 5) is 10.9. The van der Waals surface area contributed by atoms with E-state index in [-0.39, 0.29) is 5.69 Å². The minimum Gasteiger partial charge on any atom is -0.478 e. The molecule has 0 heterocycles. The minimum absolute atomic E-state index is 0.194. The first-order valence-electron chi connectivity index (χ1n) is 5.34. The van der Waals surface area contributed by atoms with Gasteiger partial charge in [-0.15, -0.1) is 0 Å². The molecule has 0 fully saturated rings. The monoisotopic (exact) mass is 285 g/mol. The maximum absolute atomic E-state index is 13.6. The molecule has 0 radical (unpaired) electrons. The van der Waals surface area contributed by atoms with Gasteiger partial charge in [0.15, 0.2) is 23.3 Å². The Morgan fingerprint density at radius 3 is 2.00 bits per heavy atom. The number of para-hydroxylation sites is 1. The van der Waals surface area contributed by atoms with E-state index in [9.17, 15) is 22.4 Å². The van der Waals surface area contributed by atoms with Crippen LogP contribution in [0.4, 0.5) is 28.9 Å². The summed E-state index contributed by atoms with van der Waals surface area (Å²) in [5.41, 5.74) is -2.08. The van der Waals surface area contributed by atoms with Gasteiger partial charge in [-0.3, -0.25) is 0 Å². The topological polar surface area (TPSA) is 49.3 Å². The van der Waals surface area contributed by atoms with E-state index in [0.717, 1.165) is 0 Å². The van der Waals surface area contributed by atoms with Crippen LogP contribution in [-0.2, 0) is 0 Å². The van der Waals surface area contributed by atoms with Gasteiger partial charge in [-0.2, -0.15) is 0 Å². The number of aromatic carboxylic acids is 1. The standard InChI is InChI=1S/C13H7F4NO2/c14-8-7(13(19)20)12(11(17)10(16)9(8)15)18-6-4-2-1-3-5-6/h1-5,18H,(H,19,20). The highest BCUT2D eigenvalue weighted by molar-refractivity contribution is 5.95. The van der Waals surface area contributed by atoms with Crippen LogP contribution in [0.3, 0.4) is 0 Å². The molecular weight excluding hydrogens is 278 g/mol. The van der Waals surface area contributed by atoms with Gasteiger partial charge in [0.25, 0.3) is 0 Å². The lowest BCUT2D eigenvalue weighted by Crippen LogP contribution is -2.12. The van der Waals surface area contributed by atoms with E-state index in [1.54, 1.807) is 6.07 Å². The fourth-order valence-corrected chi connectivity index (χ4v) is 1.62. The zero-order valence-electron chi connectivity index (χ0n) is 9.75. The molecular formula is C13H7F4NO2. The van der Waals surface area contributed by atoms with Gasteiger partial charge in [0, 0.05) is 5.69 Å². The summed E-state index contributed by atoms with van der Waals surface area (Å²) in [6.45, 7) is 0. The van der Waals surface area contributed by atoms with Crippen LogP contribution >= 0.6 is 0 Å². The van der Waals surface area contributed by atoms with E-state index in [0.29, 0.717) is 0 Å². The third kappa shape index (κ3) is 2.29. The van der Waals surface area contributed by atoms with Crippen molar-refractivity contribution in [2.75, 3.05) is 5.32 Å². The first-order valence-corrected chi connectivity index (χ1v) is 5.34. The second-order valence-electron chi connectivity index (χ2n) is 3.80. The number of carboxylic acid groups (broad SMARTS) is 1. The van der Waals surface area contributed by atoms with Crippen LogP contribution in [0.15, 0.2) is 30.3 Å². The van der Waals surface area contributed by atoms with Gasteiger partial charge in [0.05, 0.1) is 5.69 Å². The molecule has 0 bridgehead atoms. The predicted octanol–water partition coefficient (Wildman–Crippen LogP) is 3.68. The third-order valence-electron chi connectivity index (χ3n) is 2.52. The van der Waals surface area contributed by atoms with Gasteiger partial charge in [-0.05, 0) is 12.1 Å². The van der Waals surface area contributed by atoms with E-state index < -0.39 is 40.5 Å². The fourth-order valence-electron chi connectivity index (χ4n) is 1.62. The molecule has 2 aromatic carbocycles. The van der Waals surface area contributed by atoms with Crippen molar-refractivity contribution in [3.05, 3.63) is 59.2 Å². The van der Waals surface area contributed by atoms with Crippen molar-refractivity contribution in [2.24, 2.45) is 0 Å². The number of halogens is 4. The quantitative estimate of drug-likeness (QED) is 0.514. The lowest BCUT2D eigenvalue weighted by atomic mass is 10.1. The number of benzene rings is 2. The van der Waals surface area contributed by atoms with Crippen LogP contribution in [0.25, 0.3) is 0 Å². The van der Waals surface area contributed by atoms with E-state index in [4.69, 9.17) is 5.11 Å². The van der Waals surface area contributed by atoms with Crippen LogP contribution < -0.4 is 5.32 Å². The maximum Gasteiger partial charge on any atom is 0.341 e. The lowest BCUT2D eigenvalue weighted by molar-refractivity contribution is 0.0691. The van der Waals surface area contributed by atoms with Crippen LogP contribution in [0.2, 0.25) is 0 Å². The van der Waals surface area contributed by atoms with Crippen molar-refractivity contribution in [3.63, 3.8) is 0 Å². The highest BCUT2D eigenvalue weighted by Gasteiger charge is 2.29. The molecule has 0 aliphatic heterocycles. The summed E-state index contributed by atoms with van der Waals surface area (Å²) in [7, 11) is 0. The van der Waals surface area contributed by atoms with Gasteiger partial charge in [0.2, 0.25) is 0 Å². The van der Waals surface area contributed by atoms with Crippen LogP contribution in [0.5, 0.6) is 0 Å². The van der Waals surface area contributed by atoms with Crippen LogP contribution in [0, 0.1) is 23.3 Å². The van der Waals surface area contributed by atoms with Gasteiger partial charge < -0.3 is 10.4 Å². The Balaban J connectivity index is 2.65. The average Bonchev–Trinajstić information content (AvgIpc) is 2.43. The number of carboxylic acids is 1. The summed E-state index contributed by atoms with van der Waals surface area (Å²) in [5, 5.41) is 11.1. The van der Waals surface area contributed by atoms with Crippen molar-refractivity contribution in [1.82, 2.24) is 0 Å². The predicted molar refractivity (Wildman–Crippen MR) is 63.0 cm³/mol. The number of nitrogens with one attached hydrogen (secondary N) is 1. The molecule has 0 unspecified atom stereocenters. The van der Waals surface area contributed by atoms with Gasteiger partial charge >= 0.3 is 5.97 Å². The summed E-state index contributed by atoms with van der Waals surface area (Å²) in [5.74, 6) is -9.93. The van der Waals surface area contributed by atoms with Crippen LogP contribution in [-0.4, -0.2) is 11.1 Å². The van der Waals surface area contributed by atoms with Gasteiger partial charge in [-0.25, -0.2) is 22.4 Å². The van der Waals surface area contributed by atoms with E-state index in [1.807, 2.05) is 0 Å². The fraction of sp³-hybridized carbons (Fsp3) is 0. The second kappa shape index (κ2) is 5.20. The average molecular weight is 285 g/mol. The number of hydrogen-bond donors (Lipinski definition) is 2. The lowest BCUT2D eigenvalue weighted by Gasteiger charge is -2.12. The van der Waals surface area contributed by atoms with E-state index in [1.165, 1.54) is 24.3 Å². The second-order valence-corrected chi connectivity index (χ2v) is 3.80. The number of hydrogen-bond acceptors (Lipinski definition) is 2. The molecule has 0 atom stereocenters. The molecule has 104 valence electrons. The Morgan fingerprint density at radius 1 is 0.900 bits per heavy atom. The Labute approximate surface area is 110 Å². The molecule has 2 N–H and O–H groups in total. The first kappa shape index (κ1) is 13.9. The molecule has 0 saturated carbocycles. The Hall–Kier alpha value is -2.57. The highest BCUT2D eigenvalue weighted by Crippen LogP contribution is 2.30. The molecule has 7 heteroatoms. The van der Waals surface area contributed by atoms with Crippen LogP contribution in [0.1, 0.15) is 10.4 Å². The number of carbonyl (C=O) groups is 1. The van der Waals surface area contributed by atoms with Crippen molar-refractivity contribution in [1.29, 1.82) is 0 Å². The SMILES string of the molecule is O=C(O)c1c(F)c(F)c(F)c(F)c1Nc1ccccc1. The molecule has 0 aromatic heterocycles. The molecule has 2 rings (SSSR count). The number of rotatable bonds is 3. The normalized spacial score (nSPS) is 10.4. The summed E-state index contributed by atoms with van der Waals surface area (Å²) in [6, 6.07) is 7.55. The largest absolute Gasteiger partial charge is 0.478 e. The van der Waals surface area contributed by atoms with Crippen molar-refractivity contribution in [3.8, 4) is 0 Å². The molecule has 0 aliphatic carbocycles. The molecule has 3 nitrogen and oxygen atoms in total. The van der Waals surface area contributed by atoms with Gasteiger partial charge in [-0.1, -0.05) is 18.2 Å². The highest BCUT2D eigenvalue weighted by atomic mass is 19.2. The third-order valence-corrected chi connectivity index (χ3v) is 2.52. The molecule has 2 aromatic rings. The Kier molecular flexibility index (Phi) is 3.60. The van der Waals surface area contributed by atoms with E-state index in [2.05, 4.69) is 5.32 Å². The summed E-state index contributed by atoms with van der Waals surface area (Å²) >= 11 is 0. The molecule has 20 heavy (non-hydrogen) atoms. The first-order chi connectivity index (χ1) is 9.43. The molecule has 0 saturated heterocycles. The van der Waals surface area contributed by atoms with E-state index >= 15 is 0 Å². The Morgan fingerprint density at radius 2 is 1.45 bits per heavy atom. The maximum atomic E-state index is 13.6. The van der Waals surface area contributed by atoms with Gasteiger partial charge in [0.1, 0.15) is 5.56 Å².